The standard InChI is InChI=1S/C29H23BrN2O2/c1-19-6-5-9-27(20(19)2)32-29(33)23(17-31)16-26-25-8-4-3-7-22(25)12-15-28(26)34-18-21-10-13-24(30)14-11-21/h3-16H,18H2,1-2H3,(H,32,33)/b23-16+. The van der Waals surface area contributed by atoms with Gasteiger partial charge in [0.15, 0.2) is 0 Å². The van der Waals surface area contributed by atoms with E-state index in [1.807, 2.05) is 92.7 Å². The van der Waals surface area contributed by atoms with Crippen molar-refractivity contribution in [2.45, 2.75) is 20.5 Å². The maximum atomic E-state index is 13.0. The second-order valence-corrected chi connectivity index (χ2v) is 8.90. The van der Waals surface area contributed by atoms with Gasteiger partial charge in [0, 0.05) is 15.7 Å². The van der Waals surface area contributed by atoms with Crippen LogP contribution in [0.4, 0.5) is 5.69 Å². The lowest BCUT2D eigenvalue weighted by Gasteiger charge is -2.13. The van der Waals surface area contributed by atoms with Crippen LogP contribution in [0.25, 0.3) is 16.8 Å². The van der Waals surface area contributed by atoms with Gasteiger partial charge in [-0.3, -0.25) is 4.79 Å². The highest BCUT2D eigenvalue weighted by Gasteiger charge is 2.15. The minimum absolute atomic E-state index is 0.00532. The summed E-state index contributed by atoms with van der Waals surface area (Å²) in [6, 6.07) is 27.4. The SMILES string of the molecule is Cc1cccc(NC(=O)/C(C#N)=C/c2c(OCc3ccc(Br)cc3)ccc3ccccc23)c1C. The molecule has 0 aliphatic heterocycles. The fraction of sp³-hybridized carbons (Fsp3) is 0.103. The number of nitrogens with zero attached hydrogens (tertiary/aromatic N) is 1. The number of amides is 1. The van der Waals surface area contributed by atoms with Gasteiger partial charge in [0.05, 0.1) is 0 Å². The van der Waals surface area contributed by atoms with Crippen LogP contribution >= 0.6 is 15.9 Å². The average Bonchev–Trinajstić information content (AvgIpc) is 2.85. The van der Waals surface area contributed by atoms with Crippen LogP contribution in [0, 0.1) is 25.2 Å². The predicted molar refractivity (Wildman–Crippen MR) is 141 cm³/mol. The summed E-state index contributed by atoms with van der Waals surface area (Å²) in [5, 5.41) is 14.6. The number of hydrogen-bond acceptors (Lipinski definition) is 3. The minimum Gasteiger partial charge on any atom is -0.488 e. The van der Waals surface area contributed by atoms with Crippen molar-refractivity contribution in [2.24, 2.45) is 0 Å². The van der Waals surface area contributed by atoms with Gasteiger partial charge in [-0.15, -0.1) is 0 Å². The molecule has 0 bridgehead atoms. The zero-order chi connectivity index (χ0) is 24.1. The van der Waals surface area contributed by atoms with Crippen LogP contribution in [-0.4, -0.2) is 5.91 Å². The summed E-state index contributed by atoms with van der Waals surface area (Å²) in [6.45, 7) is 4.29. The number of fused-ring (bicyclic) bond motifs is 1. The Labute approximate surface area is 207 Å². The smallest absolute Gasteiger partial charge is 0.266 e. The van der Waals surface area contributed by atoms with Crippen molar-refractivity contribution in [1.82, 2.24) is 0 Å². The molecule has 0 spiro atoms. The van der Waals surface area contributed by atoms with Crippen LogP contribution in [0.5, 0.6) is 5.75 Å². The Morgan fingerprint density at radius 3 is 2.53 bits per heavy atom. The van der Waals surface area contributed by atoms with Crippen molar-refractivity contribution in [1.29, 1.82) is 5.26 Å². The van der Waals surface area contributed by atoms with E-state index in [0.717, 1.165) is 31.9 Å². The van der Waals surface area contributed by atoms with Gasteiger partial charge in [0.1, 0.15) is 24.0 Å². The fourth-order valence-corrected chi connectivity index (χ4v) is 3.93. The molecule has 0 atom stereocenters. The molecule has 5 heteroatoms. The van der Waals surface area contributed by atoms with E-state index in [-0.39, 0.29) is 5.57 Å². The largest absolute Gasteiger partial charge is 0.488 e. The van der Waals surface area contributed by atoms with Gasteiger partial charge in [0.2, 0.25) is 0 Å². The maximum absolute atomic E-state index is 13.0. The molecule has 0 aromatic heterocycles. The zero-order valence-corrected chi connectivity index (χ0v) is 20.5. The lowest BCUT2D eigenvalue weighted by Crippen LogP contribution is -2.14. The number of halogens is 1. The Morgan fingerprint density at radius 1 is 1.00 bits per heavy atom. The van der Waals surface area contributed by atoms with Crippen LogP contribution in [0.2, 0.25) is 0 Å². The van der Waals surface area contributed by atoms with Gasteiger partial charge in [0.25, 0.3) is 5.91 Å². The second-order valence-electron chi connectivity index (χ2n) is 7.99. The van der Waals surface area contributed by atoms with Crippen molar-refractivity contribution in [3.05, 3.63) is 111 Å². The summed E-state index contributed by atoms with van der Waals surface area (Å²) < 4.78 is 7.15. The lowest BCUT2D eigenvalue weighted by atomic mass is 10.0. The van der Waals surface area contributed by atoms with E-state index in [1.54, 1.807) is 6.08 Å². The number of nitrogens with one attached hydrogen (secondary N) is 1. The third kappa shape index (κ3) is 5.19. The maximum Gasteiger partial charge on any atom is 0.266 e. The van der Waals surface area contributed by atoms with Crippen LogP contribution < -0.4 is 10.1 Å². The molecule has 4 nitrogen and oxygen atoms in total. The summed E-state index contributed by atoms with van der Waals surface area (Å²) in [5.74, 6) is 0.150. The summed E-state index contributed by atoms with van der Waals surface area (Å²) in [6.07, 6.45) is 1.61. The molecular weight excluding hydrogens is 488 g/mol. The monoisotopic (exact) mass is 510 g/mol. The number of benzene rings is 4. The Hall–Kier alpha value is -3.88. The first-order valence-electron chi connectivity index (χ1n) is 10.8. The fourth-order valence-electron chi connectivity index (χ4n) is 3.66. The third-order valence-electron chi connectivity index (χ3n) is 5.74. The van der Waals surface area contributed by atoms with Gasteiger partial charge in [-0.1, -0.05) is 70.5 Å². The van der Waals surface area contributed by atoms with Gasteiger partial charge < -0.3 is 10.1 Å². The van der Waals surface area contributed by atoms with Crippen LogP contribution in [0.15, 0.2) is 88.9 Å². The van der Waals surface area contributed by atoms with E-state index >= 15 is 0 Å². The van der Waals surface area contributed by atoms with Gasteiger partial charge >= 0.3 is 0 Å². The molecule has 0 saturated heterocycles. The molecule has 1 N–H and O–H groups in total. The molecule has 1 amide bonds. The molecule has 0 saturated carbocycles. The summed E-state index contributed by atoms with van der Waals surface area (Å²) in [7, 11) is 0. The van der Waals surface area contributed by atoms with E-state index in [1.165, 1.54) is 0 Å². The Balaban J connectivity index is 1.70. The first-order chi connectivity index (χ1) is 16.5. The van der Waals surface area contributed by atoms with Gasteiger partial charge in [-0.05, 0) is 71.7 Å². The topological polar surface area (TPSA) is 62.1 Å². The molecule has 4 aromatic carbocycles. The predicted octanol–water partition coefficient (Wildman–Crippen LogP) is 7.34. The van der Waals surface area contributed by atoms with Crippen molar-refractivity contribution >= 4 is 44.4 Å². The summed E-state index contributed by atoms with van der Waals surface area (Å²) >= 11 is 3.44. The molecule has 168 valence electrons. The first kappa shape index (κ1) is 23.3. The lowest BCUT2D eigenvalue weighted by molar-refractivity contribution is -0.112. The van der Waals surface area contributed by atoms with Crippen LogP contribution in [0.1, 0.15) is 22.3 Å². The van der Waals surface area contributed by atoms with Crippen molar-refractivity contribution < 1.29 is 9.53 Å². The molecular formula is C29H23BrN2O2. The number of hydrogen-bond donors (Lipinski definition) is 1. The van der Waals surface area contributed by atoms with Crippen molar-refractivity contribution in [3.63, 3.8) is 0 Å². The molecule has 4 aromatic rings. The van der Waals surface area contributed by atoms with E-state index in [9.17, 15) is 10.1 Å². The van der Waals surface area contributed by atoms with Crippen molar-refractivity contribution in [3.8, 4) is 11.8 Å². The minimum atomic E-state index is -0.456. The molecule has 0 heterocycles. The molecule has 0 fully saturated rings. The van der Waals surface area contributed by atoms with E-state index < -0.39 is 5.91 Å². The number of ether oxygens (including phenoxy) is 1. The molecule has 4 rings (SSSR count). The summed E-state index contributed by atoms with van der Waals surface area (Å²) in [4.78, 5) is 13.0. The Bertz CT molecular complexity index is 1430. The molecule has 34 heavy (non-hydrogen) atoms. The number of rotatable bonds is 6. The molecule has 0 aliphatic carbocycles. The molecule has 0 aliphatic rings. The van der Waals surface area contributed by atoms with Gasteiger partial charge in [-0.25, -0.2) is 0 Å². The van der Waals surface area contributed by atoms with Gasteiger partial charge in [-0.2, -0.15) is 5.26 Å². The van der Waals surface area contributed by atoms with Crippen LogP contribution in [-0.2, 0) is 11.4 Å². The summed E-state index contributed by atoms with van der Waals surface area (Å²) in [5.41, 5.74) is 4.44. The molecule has 0 unspecified atom stereocenters. The number of carbonyl (C=O) groups excluding carboxylic acids is 1. The Kier molecular flexibility index (Phi) is 7.10. The highest BCUT2D eigenvalue weighted by Crippen LogP contribution is 2.31. The number of carbonyl (C=O) groups is 1. The number of nitriles is 1. The second kappa shape index (κ2) is 10.4. The van der Waals surface area contributed by atoms with E-state index in [2.05, 4.69) is 27.3 Å². The normalized spacial score (nSPS) is 11.2. The zero-order valence-electron chi connectivity index (χ0n) is 18.9. The first-order valence-corrected chi connectivity index (χ1v) is 11.6. The quantitative estimate of drug-likeness (QED) is 0.218. The van der Waals surface area contributed by atoms with E-state index in [0.29, 0.717) is 23.6 Å². The van der Waals surface area contributed by atoms with Crippen LogP contribution in [0.3, 0.4) is 0 Å². The Morgan fingerprint density at radius 2 is 1.76 bits per heavy atom. The van der Waals surface area contributed by atoms with E-state index in [4.69, 9.17) is 4.74 Å². The average molecular weight is 511 g/mol. The molecule has 0 radical (unpaired) electrons. The highest BCUT2D eigenvalue weighted by molar-refractivity contribution is 9.10. The highest BCUT2D eigenvalue weighted by atomic mass is 79.9. The van der Waals surface area contributed by atoms with Crippen molar-refractivity contribution in [2.75, 3.05) is 5.32 Å². The third-order valence-corrected chi connectivity index (χ3v) is 6.27. The number of aryl methyl sites for hydroxylation is 1. The number of anilines is 1.